The number of benzene rings is 1. The Labute approximate surface area is 201 Å². The largest absolute Gasteiger partial charge is 0.325 e. The van der Waals surface area contributed by atoms with E-state index in [1.807, 2.05) is 12.1 Å². The van der Waals surface area contributed by atoms with Gasteiger partial charge in [-0.3, -0.25) is 19.5 Å². The molecule has 5 heterocycles. The molecule has 35 heavy (non-hydrogen) atoms. The molecule has 0 radical (unpaired) electrons. The van der Waals surface area contributed by atoms with Gasteiger partial charge < -0.3 is 4.57 Å². The lowest BCUT2D eigenvalue weighted by molar-refractivity contribution is 0.0652. The predicted octanol–water partition coefficient (Wildman–Crippen LogP) is 3.37. The van der Waals surface area contributed by atoms with Crippen LogP contribution in [0.25, 0.3) is 16.7 Å². The van der Waals surface area contributed by atoms with Crippen LogP contribution in [0.2, 0.25) is 0 Å². The molecule has 0 spiro atoms. The van der Waals surface area contributed by atoms with Gasteiger partial charge in [0, 0.05) is 37.6 Å². The van der Waals surface area contributed by atoms with Gasteiger partial charge in [0.05, 0.1) is 16.5 Å². The summed E-state index contributed by atoms with van der Waals surface area (Å²) in [6, 6.07) is 10.9. The van der Waals surface area contributed by atoms with E-state index in [1.165, 1.54) is 4.90 Å². The number of rotatable bonds is 6. The number of nitrogens with zero attached hydrogens (tertiary/aromatic N) is 7. The van der Waals surface area contributed by atoms with Crippen LogP contribution in [-0.4, -0.2) is 52.4 Å². The number of imide groups is 1. The van der Waals surface area contributed by atoms with Gasteiger partial charge in [0.15, 0.2) is 11.5 Å². The molecule has 0 bridgehead atoms. The molecule has 6 rings (SSSR count). The molecule has 4 aromatic heterocycles. The molecule has 0 N–H and O–H groups in total. The number of aryl methyl sites for hydroxylation is 2. The number of fused-ring (bicyclic) bond motifs is 4. The maximum Gasteiger partial charge on any atom is 0.261 e. The molecule has 0 aliphatic carbocycles. The van der Waals surface area contributed by atoms with Gasteiger partial charge in [-0.15, -0.1) is 5.10 Å². The second-order valence-corrected chi connectivity index (χ2v) is 8.80. The molecular weight excluding hydrogens is 442 g/mol. The van der Waals surface area contributed by atoms with Crippen LogP contribution >= 0.6 is 0 Å². The normalized spacial score (nSPS) is 13.4. The third-order valence-corrected chi connectivity index (χ3v) is 6.74. The first-order valence-electron chi connectivity index (χ1n) is 11.6. The van der Waals surface area contributed by atoms with E-state index in [9.17, 15) is 9.59 Å². The monoisotopic (exact) mass is 465 g/mol. The average Bonchev–Trinajstić information content (AvgIpc) is 3.48. The van der Waals surface area contributed by atoms with Gasteiger partial charge in [-0.25, -0.2) is 14.5 Å². The second-order valence-electron chi connectivity index (χ2n) is 8.80. The minimum atomic E-state index is -0.235. The summed E-state index contributed by atoms with van der Waals surface area (Å²) in [5.41, 5.74) is 5.98. The Hall–Kier alpha value is -4.40. The quantitative estimate of drug-likeness (QED) is 0.357. The SMILES string of the molecule is Cc1c(C)n(Cc2ccncc2)c2ncn3nc(CCCN4C(=O)c5ccccc5C4=O)nc3c12. The van der Waals surface area contributed by atoms with Crippen LogP contribution in [0.5, 0.6) is 0 Å². The van der Waals surface area contributed by atoms with E-state index in [-0.39, 0.29) is 11.8 Å². The summed E-state index contributed by atoms with van der Waals surface area (Å²) in [6.07, 6.45) is 6.41. The fraction of sp³-hybridized carbons (Fsp3) is 0.231. The zero-order valence-electron chi connectivity index (χ0n) is 19.5. The Bertz CT molecular complexity index is 1580. The van der Waals surface area contributed by atoms with E-state index in [4.69, 9.17) is 9.97 Å². The Balaban J connectivity index is 1.25. The minimum absolute atomic E-state index is 0.235. The van der Waals surface area contributed by atoms with Crippen LogP contribution in [0.3, 0.4) is 0 Å². The fourth-order valence-electron chi connectivity index (χ4n) is 4.78. The van der Waals surface area contributed by atoms with Crippen molar-refractivity contribution in [2.45, 2.75) is 33.2 Å². The molecular formula is C26H23N7O2. The number of hydrogen-bond donors (Lipinski definition) is 0. The molecule has 174 valence electrons. The van der Waals surface area contributed by atoms with Gasteiger partial charge in [0.2, 0.25) is 0 Å². The minimum Gasteiger partial charge on any atom is -0.325 e. The molecule has 1 aliphatic heterocycles. The summed E-state index contributed by atoms with van der Waals surface area (Å²) in [6.45, 7) is 5.20. The van der Waals surface area contributed by atoms with Crippen LogP contribution in [0.15, 0.2) is 55.1 Å². The van der Waals surface area contributed by atoms with Gasteiger partial charge in [0.1, 0.15) is 12.0 Å². The van der Waals surface area contributed by atoms with Crippen molar-refractivity contribution in [2.75, 3.05) is 6.54 Å². The van der Waals surface area contributed by atoms with Crippen LogP contribution in [-0.2, 0) is 13.0 Å². The summed E-state index contributed by atoms with van der Waals surface area (Å²) in [5, 5.41) is 5.59. The number of hydrogen-bond acceptors (Lipinski definition) is 6. The van der Waals surface area contributed by atoms with E-state index in [0.717, 1.165) is 33.5 Å². The van der Waals surface area contributed by atoms with Gasteiger partial charge in [-0.1, -0.05) is 12.1 Å². The molecule has 0 saturated carbocycles. The van der Waals surface area contributed by atoms with E-state index in [0.29, 0.717) is 42.9 Å². The van der Waals surface area contributed by atoms with Crippen molar-refractivity contribution in [3.05, 3.63) is 88.9 Å². The standard InChI is InChI=1S/C26H23N7O2/c1-16-17(2)32(14-18-9-11-27-12-10-18)23-22(16)24-29-21(30-33(24)15-28-23)8-5-13-31-25(34)19-6-3-4-7-20(19)26(31)35/h3-4,6-7,9-12,15H,5,8,13-14H2,1-2H3. The van der Waals surface area contributed by atoms with Crippen LogP contribution in [0.1, 0.15) is 49.8 Å². The summed E-state index contributed by atoms with van der Waals surface area (Å²) in [7, 11) is 0. The molecule has 9 heteroatoms. The fourth-order valence-corrected chi connectivity index (χ4v) is 4.78. The summed E-state index contributed by atoms with van der Waals surface area (Å²) < 4.78 is 3.90. The highest BCUT2D eigenvalue weighted by molar-refractivity contribution is 6.21. The molecule has 0 saturated heterocycles. The first kappa shape index (κ1) is 21.2. The highest BCUT2D eigenvalue weighted by Crippen LogP contribution is 2.28. The molecule has 2 amide bonds. The Morgan fingerprint density at radius 2 is 1.63 bits per heavy atom. The van der Waals surface area contributed by atoms with Crippen LogP contribution in [0.4, 0.5) is 0 Å². The lowest BCUT2D eigenvalue weighted by Gasteiger charge is -2.12. The third-order valence-electron chi connectivity index (χ3n) is 6.74. The molecule has 0 atom stereocenters. The van der Waals surface area contributed by atoms with E-state index >= 15 is 0 Å². The van der Waals surface area contributed by atoms with Crippen LogP contribution < -0.4 is 0 Å². The third kappa shape index (κ3) is 3.39. The van der Waals surface area contributed by atoms with E-state index in [1.54, 1.807) is 47.5 Å². The predicted molar refractivity (Wildman–Crippen MR) is 129 cm³/mol. The smallest absolute Gasteiger partial charge is 0.261 e. The summed E-state index contributed by atoms with van der Waals surface area (Å²) in [5.74, 6) is 0.192. The lowest BCUT2D eigenvalue weighted by Crippen LogP contribution is -2.31. The molecule has 1 aliphatic rings. The zero-order chi connectivity index (χ0) is 24.1. The van der Waals surface area contributed by atoms with Crippen molar-refractivity contribution in [1.82, 2.24) is 34.0 Å². The number of carbonyl (C=O) groups excluding carboxylic acids is 2. The van der Waals surface area contributed by atoms with Crippen molar-refractivity contribution in [2.24, 2.45) is 0 Å². The molecule has 1 aromatic carbocycles. The topological polar surface area (TPSA) is 98.3 Å². The Morgan fingerprint density at radius 1 is 0.914 bits per heavy atom. The van der Waals surface area contributed by atoms with Crippen molar-refractivity contribution >= 4 is 28.5 Å². The van der Waals surface area contributed by atoms with Gasteiger partial charge in [0.25, 0.3) is 11.8 Å². The van der Waals surface area contributed by atoms with Crippen molar-refractivity contribution in [3.8, 4) is 0 Å². The van der Waals surface area contributed by atoms with Crippen LogP contribution in [0, 0.1) is 13.8 Å². The maximum atomic E-state index is 12.6. The van der Waals surface area contributed by atoms with Gasteiger partial charge in [-0.2, -0.15) is 0 Å². The molecule has 0 unspecified atom stereocenters. The molecule has 0 fully saturated rings. The first-order valence-corrected chi connectivity index (χ1v) is 11.6. The Morgan fingerprint density at radius 3 is 2.34 bits per heavy atom. The van der Waals surface area contributed by atoms with Gasteiger partial charge in [-0.05, 0) is 55.7 Å². The number of carbonyl (C=O) groups is 2. The van der Waals surface area contributed by atoms with E-state index < -0.39 is 0 Å². The molecule has 9 nitrogen and oxygen atoms in total. The summed E-state index contributed by atoms with van der Waals surface area (Å²) >= 11 is 0. The second kappa shape index (κ2) is 8.12. The van der Waals surface area contributed by atoms with Gasteiger partial charge >= 0.3 is 0 Å². The average molecular weight is 466 g/mol. The number of amides is 2. The van der Waals surface area contributed by atoms with Crippen molar-refractivity contribution in [3.63, 3.8) is 0 Å². The van der Waals surface area contributed by atoms with E-state index in [2.05, 4.69) is 28.5 Å². The van der Waals surface area contributed by atoms with Crippen molar-refractivity contribution in [1.29, 1.82) is 0 Å². The Kier molecular flexibility index (Phi) is 4.91. The van der Waals surface area contributed by atoms with Crippen molar-refractivity contribution < 1.29 is 9.59 Å². The number of pyridine rings is 1. The molecule has 5 aromatic rings. The highest BCUT2D eigenvalue weighted by atomic mass is 16.2. The lowest BCUT2D eigenvalue weighted by atomic mass is 10.1. The number of aromatic nitrogens is 6. The maximum absolute atomic E-state index is 12.6. The highest BCUT2D eigenvalue weighted by Gasteiger charge is 2.34. The first-order chi connectivity index (χ1) is 17.0. The zero-order valence-corrected chi connectivity index (χ0v) is 19.5. The summed E-state index contributed by atoms with van der Waals surface area (Å²) in [4.78, 5) is 40.1.